The maximum atomic E-state index is 5.84. The summed E-state index contributed by atoms with van der Waals surface area (Å²) in [6, 6.07) is 6.06. The van der Waals surface area contributed by atoms with E-state index in [2.05, 4.69) is 41.6 Å². The Hall–Kier alpha value is -2.80. The Morgan fingerprint density at radius 1 is 1.04 bits per heavy atom. The predicted octanol–water partition coefficient (Wildman–Crippen LogP) is 2.89. The zero-order chi connectivity index (χ0) is 19.7. The molecule has 28 heavy (non-hydrogen) atoms. The fourth-order valence-electron chi connectivity index (χ4n) is 3.62. The standard InChI is InChI=1S/C21H27N5O2/c1-14-18(15(2)26(4)23-14)12-22-11-17-13-25(3)24-21(17)16-6-7-19-20(10-16)28-9-5-8-27-19/h6-7,10,13,22H,5,8-9,11-12H2,1-4H3. The first-order valence-corrected chi connectivity index (χ1v) is 9.65. The lowest BCUT2D eigenvalue weighted by Crippen LogP contribution is -2.14. The maximum Gasteiger partial charge on any atom is 0.161 e. The van der Waals surface area contributed by atoms with Gasteiger partial charge in [-0.3, -0.25) is 9.36 Å². The third-order valence-electron chi connectivity index (χ3n) is 5.20. The Balaban J connectivity index is 1.53. The Morgan fingerprint density at radius 2 is 1.82 bits per heavy atom. The van der Waals surface area contributed by atoms with Gasteiger partial charge >= 0.3 is 0 Å². The van der Waals surface area contributed by atoms with Crippen molar-refractivity contribution in [2.24, 2.45) is 14.1 Å². The van der Waals surface area contributed by atoms with Crippen LogP contribution in [-0.4, -0.2) is 32.8 Å². The van der Waals surface area contributed by atoms with E-state index >= 15 is 0 Å². The van der Waals surface area contributed by atoms with Gasteiger partial charge in [-0.25, -0.2) is 0 Å². The van der Waals surface area contributed by atoms with E-state index in [1.165, 1.54) is 11.3 Å². The molecular weight excluding hydrogens is 354 g/mol. The number of fused-ring (bicyclic) bond motifs is 1. The number of aryl methyl sites for hydroxylation is 3. The van der Waals surface area contributed by atoms with E-state index in [0.29, 0.717) is 13.2 Å². The zero-order valence-corrected chi connectivity index (χ0v) is 17.0. The van der Waals surface area contributed by atoms with Crippen molar-refractivity contribution in [1.82, 2.24) is 24.9 Å². The van der Waals surface area contributed by atoms with E-state index in [1.807, 2.05) is 35.6 Å². The Bertz CT molecular complexity index is 989. The van der Waals surface area contributed by atoms with Crippen molar-refractivity contribution < 1.29 is 9.47 Å². The highest BCUT2D eigenvalue weighted by Gasteiger charge is 2.16. The SMILES string of the molecule is Cc1nn(C)c(C)c1CNCc1cn(C)nc1-c1ccc2c(c1)OCCCO2. The van der Waals surface area contributed by atoms with Crippen LogP contribution in [0.1, 0.15) is 28.9 Å². The average molecular weight is 381 g/mol. The summed E-state index contributed by atoms with van der Waals surface area (Å²) in [5.41, 5.74) is 6.67. The van der Waals surface area contributed by atoms with Crippen LogP contribution in [0.5, 0.6) is 11.5 Å². The van der Waals surface area contributed by atoms with Crippen molar-refractivity contribution in [1.29, 1.82) is 0 Å². The number of benzene rings is 1. The Morgan fingerprint density at radius 3 is 2.57 bits per heavy atom. The van der Waals surface area contributed by atoms with Gasteiger partial charge in [-0.1, -0.05) is 0 Å². The molecule has 0 saturated carbocycles. The first kappa shape index (κ1) is 18.6. The van der Waals surface area contributed by atoms with Gasteiger partial charge in [0, 0.05) is 62.2 Å². The van der Waals surface area contributed by atoms with Crippen LogP contribution >= 0.6 is 0 Å². The molecule has 1 aromatic carbocycles. The van der Waals surface area contributed by atoms with Crippen LogP contribution in [0, 0.1) is 13.8 Å². The molecule has 4 rings (SSSR count). The fraction of sp³-hybridized carbons (Fsp3) is 0.429. The molecule has 0 saturated heterocycles. The third-order valence-corrected chi connectivity index (χ3v) is 5.20. The molecule has 7 heteroatoms. The number of ether oxygens (including phenoxy) is 2. The van der Waals surface area contributed by atoms with Crippen LogP contribution in [-0.2, 0) is 27.2 Å². The number of rotatable bonds is 5. The maximum absolute atomic E-state index is 5.84. The molecule has 0 fully saturated rings. The minimum absolute atomic E-state index is 0.677. The monoisotopic (exact) mass is 381 g/mol. The number of nitrogens with zero attached hydrogens (tertiary/aromatic N) is 4. The summed E-state index contributed by atoms with van der Waals surface area (Å²) in [5.74, 6) is 1.60. The van der Waals surface area contributed by atoms with Crippen molar-refractivity contribution in [2.75, 3.05) is 13.2 Å². The second-order valence-electron chi connectivity index (χ2n) is 7.27. The van der Waals surface area contributed by atoms with Crippen LogP contribution in [0.15, 0.2) is 24.4 Å². The predicted molar refractivity (Wildman–Crippen MR) is 107 cm³/mol. The van der Waals surface area contributed by atoms with Crippen LogP contribution in [0.2, 0.25) is 0 Å². The number of nitrogens with one attached hydrogen (secondary N) is 1. The highest BCUT2D eigenvalue weighted by atomic mass is 16.5. The largest absolute Gasteiger partial charge is 0.490 e. The molecule has 0 radical (unpaired) electrons. The van der Waals surface area contributed by atoms with Gasteiger partial charge in [0.25, 0.3) is 0 Å². The lowest BCUT2D eigenvalue weighted by molar-refractivity contribution is 0.297. The lowest BCUT2D eigenvalue weighted by Gasteiger charge is -2.10. The summed E-state index contributed by atoms with van der Waals surface area (Å²) >= 11 is 0. The molecule has 0 bridgehead atoms. The molecule has 2 aromatic heterocycles. The smallest absolute Gasteiger partial charge is 0.161 e. The van der Waals surface area contributed by atoms with E-state index < -0.39 is 0 Å². The van der Waals surface area contributed by atoms with Crippen LogP contribution in [0.4, 0.5) is 0 Å². The molecule has 1 aliphatic rings. The summed E-state index contributed by atoms with van der Waals surface area (Å²) < 4.78 is 15.4. The van der Waals surface area contributed by atoms with Gasteiger partial charge in [-0.15, -0.1) is 0 Å². The van der Waals surface area contributed by atoms with Gasteiger partial charge in [0.05, 0.1) is 24.6 Å². The molecule has 0 amide bonds. The van der Waals surface area contributed by atoms with E-state index in [0.717, 1.165) is 53.5 Å². The molecule has 7 nitrogen and oxygen atoms in total. The number of hydrogen-bond donors (Lipinski definition) is 1. The highest BCUT2D eigenvalue weighted by molar-refractivity contribution is 5.66. The quantitative estimate of drug-likeness (QED) is 0.736. The van der Waals surface area contributed by atoms with Gasteiger partial charge in [0.1, 0.15) is 0 Å². The van der Waals surface area contributed by atoms with E-state index in [9.17, 15) is 0 Å². The molecule has 1 N–H and O–H groups in total. The third kappa shape index (κ3) is 3.62. The highest BCUT2D eigenvalue weighted by Crippen LogP contribution is 2.34. The van der Waals surface area contributed by atoms with Crippen LogP contribution in [0.3, 0.4) is 0 Å². The zero-order valence-electron chi connectivity index (χ0n) is 17.0. The number of hydrogen-bond acceptors (Lipinski definition) is 5. The molecule has 0 unspecified atom stereocenters. The molecule has 148 valence electrons. The summed E-state index contributed by atoms with van der Waals surface area (Å²) in [6.45, 7) is 7.03. The second-order valence-corrected chi connectivity index (χ2v) is 7.27. The molecule has 1 aliphatic heterocycles. The molecule has 0 aliphatic carbocycles. The summed E-state index contributed by atoms with van der Waals surface area (Å²) in [7, 11) is 3.93. The topological polar surface area (TPSA) is 66.1 Å². The molecule has 3 heterocycles. The van der Waals surface area contributed by atoms with E-state index in [4.69, 9.17) is 9.47 Å². The molecule has 0 spiro atoms. The van der Waals surface area contributed by atoms with Gasteiger partial charge < -0.3 is 14.8 Å². The minimum atomic E-state index is 0.677. The summed E-state index contributed by atoms with van der Waals surface area (Å²) in [6.07, 6.45) is 2.96. The van der Waals surface area contributed by atoms with Crippen molar-refractivity contribution in [2.45, 2.75) is 33.4 Å². The summed E-state index contributed by atoms with van der Waals surface area (Å²) in [5, 5.41) is 12.7. The van der Waals surface area contributed by atoms with Crippen molar-refractivity contribution in [3.63, 3.8) is 0 Å². The van der Waals surface area contributed by atoms with Crippen LogP contribution < -0.4 is 14.8 Å². The van der Waals surface area contributed by atoms with Gasteiger partial charge in [-0.05, 0) is 32.0 Å². The van der Waals surface area contributed by atoms with Crippen molar-refractivity contribution in [3.05, 3.63) is 46.9 Å². The van der Waals surface area contributed by atoms with Gasteiger partial charge in [0.15, 0.2) is 11.5 Å². The van der Waals surface area contributed by atoms with E-state index in [1.54, 1.807) is 0 Å². The van der Waals surface area contributed by atoms with Gasteiger partial charge in [0.2, 0.25) is 0 Å². The number of aromatic nitrogens is 4. The van der Waals surface area contributed by atoms with E-state index in [-0.39, 0.29) is 0 Å². The molecule has 3 aromatic rings. The normalized spacial score (nSPS) is 13.6. The minimum Gasteiger partial charge on any atom is -0.490 e. The fourth-order valence-corrected chi connectivity index (χ4v) is 3.62. The summed E-state index contributed by atoms with van der Waals surface area (Å²) in [4.78, 5) is 0. The van der Waals surface area contributed by atoms with Gasteiger partial charge in [-0.2, -0.15) is 10.2 Å². The Labute approximate surface area is 165 Å². The molecule has 0 atom stereocenters. The Kier molecular flexibility index (Phi) is 5.09. The van der Waals surface area contributed by atoms with Crippen molar-refractivity contribution in [3.8, 4) is 22.8 Å². The first-order valence-electron chi connectivity index (χ1n) is 9.65. The second kappa shape index (κ2) is 7.67. The van der Waals surface area contributed by atoms with Crippen molar-refractivity contribution >= 4 is 0 Å². The first-order chi connectivity index (χ1) is 13.5. The lowest BCUT2D eigenvalue weighted by atomic mass is 10.1. The average Bonchev–Trinajstić information content (AvgIpc) is 3.03. The molecular formula is C21H27N5O2. The van der Waals surface area contributed by atoms with Crippen LogP contribution in [0.25, 0.3) is 11.3 Å².